The summed E-state index contributed by atoms with van der Waals surface area (Å²) in [5.74, 6) is 0. The minimum absolute atomic E-state index is 0.121. The van der Waals surface area contributed by atoms with E-state index in [9.17, 15) is 9.67 Å². The van der Waals surface area contributed by atoms with E-state index in [1.54, 1.807) is 31.4 Å². The topological polar surface area (TPSA) is 73.6 Å². The molecular weight excluding hydrogens is 347 g/mol. The van der Waals surface area contributed by atoms with Gasteiger partial charge in [0, 0.05) is 4.91 Å². The molecule has 1 N–H and O–H groups in total. The number of aliphatic hydroxyl groups is 1. The van der Waals surface area contributed by atoms with Crippen molar-refractivity contribution in [3.05, 3.63) is 35.2 Å². The highest BCUT2D eigenvalue weighted by molar-refractivity contribution is 8.03. The normalized spacial score (nSPS) is 22.4. The van der Waals surface area contributed by atoms with Crippen LogP contribution in [0.25, 0.3) is 11.0 Å². The molecule has 3 rings (SSSR count). The largest absolute Gasteiger partial charge is 0.366 e. The molecule has 0 radical (unpaired) electrons. The van der Waals surface area contributed by atoms with Crippen molar-refractivity contribution in [3.63, 3.8) is 0 Å². The van der Waals surface area contributed by atoms with Crippen LogP contribution in [0.15, 0.2) is 40.4 Å². The number of rotatable bonds is 6. The summed E-state index contributed by atoms with van der Waals surface area (Å²) in [6.45, 7) is 5.90. The van der Waals surface area contributed by atoms with Gasteiger partial charge in [0.15, 0.2) is 10.9 Å². The zero-order valence-electron chi connectivity index (χ0n) is 13.9. The Morgan fingerprint density at radius 1 is 1.33 bits per heavy atom. The number of fused-ring (bicyclic) bond motifs is 3. The molecule has 0 saturated carbocycles. The molecule has 0 saturated heterocycles. The van der Waals surface area contributed by atoms with Gasteiger partial charge in [-0.2, -0.15) is 0 Å². The van der Waals surface area contributed by atoms with Gasteiger partial charge in [-0.1, -0.05) is 30.0 Å². The van der Waals surface area contributed by atoms with Gasteiger partial charge in [0.1, 0.15) is 0 Å². The molecule has 24 heavy (non-hydrogen) atoms. The molecule has 2 heterocycles. The first-order valence-corrected chi connectivity index (χ1v) is 10.4. The number of hydrogen-bond donors (Lipinski definition) is 1. The molecule has 1 aromatic heterocycles. The molecule has 1 aliphatic rings. The third-order valence-corrected chi connectivity index (χ3v) is 6.95. The van der Waals surface area contributed by atoms with E-state index in [4.69, 9.17) is 9.05 Å². The van der Waals surface area contributed by atoms with Crippen LogP contribution in [0.2, 0.25) is 0 Å². The predicted octanol–water partition coefficient (Wildman–Crippen LogP) is 3.96. The second-order valence-corrected chi connectivity index (χ2v) is 8.65. The Hall–Kier alpha value is -1.11. The number of nitrogens with zero attached hydrogens (tertiary/aromatic N) is 2. The molecule has 8 heteroatoms. The van der Waals surface area contributed by atoms with Gasteiger partial charge in [-0.25, -0.2) is 4.98 Å². The maximum atomic E-state index is 12.6. The summed E-state index contributed by atoms with van der Waals surface area (Å²) in [5.41, 5.74) is 0.471. The van der Waals surface area contributed by atoms with Crippen molar-refractivity contribution in [3.8, 4) is 0 Å². The standard InChI is InChI=1S/C16H21N2O4PS/c1-4-21-23(20,22-5-2)11-10-14-16(3,19)18-13-9-7-6-8-12(13)17-15(18)24-14/h6-10,19H,4-5,11H2,1-3H3/b14-10-. The lowest BCUT2D eigenvalue weighted by Gasteiger charge is -2.22. The van der Waals surface area contributed by atoms with E-state index < -0.39 is 13.3 Å². The summed E-state index contributed by atoms with van der Waals surface area (Å²) in [4.78, 5) is 5.23. The van der Waals surface area contributed by atoms with Crippen LogP contribution in [0, 0.1) is 0 Å². The van der Waals surface area contributed by atoms with Crippen LogP contribution in [0.3, 0.4) is 0 Å². The quantitative estimate of drug-likeness (QED) is 0.778. The number of hydrogen-bond acceptors (Lipinski definition) is 6. The monoisotopic (exact) mass is 368 g/mol. The fourth-order valence-corrected chi connectivity index (χ4v) is 5.53. The lowest BCUT2D eigenvalue weighted by molar-refractivity contribution is 0.0309. The fourth-order valence-electron chi connectivity index (χ4n) is 2.76. The average molecular weight is 368 g/mol. The molecule has 0 fully saturated rings. The lowest BCUT2D eigenvalue weighted by Crippen LogP contribution is -2.27. The van der Waals surface area contributed by atoms with E-state index in [1.807, 2.05) is 24.3 Å². The van der Waals surface area contributed by atoms with Gasteiger partial charge in [0.05, 0.1) is 30.4 Å². The molecular formula is C16H21N2O4PS. The summed E-state index contributed by atoms with van der Waals surface area (Å²) in [7, 11) is -3.18. The number of aromatic nitrogens is 2. The fraction of sp³-hybridized carbons (Fsp3) is 0.438. The summed E-state index contributed by atoms with van der Waals surface area (Å²) in [6.07, 6.45) is 1.86. The molecule has 1 atom stereocenters. The maximum absolute atomic E-state index is 12.6. The molecule has 1 aliphatic heterocycles. The van der Waals surface area contributed by atoms with Crippen molar-refractivity contribution >= 4 is 30.4 Å². The second-order valence-electron chi connectivity index (χ2n) is 5.54. The van der Waals surface area contributed by atoms with Crippen LogP contribution in [0.1, 0.15) is 20.8 Å². The van der Waals surface area contributed by atoms with E-state index in [1.165, 1.54) is 11.8 Å². The van der Waals surface area contributed by atoms with Crippen molar-refractivity contribution in [1.82, 2.24) is 9.55 Å². The number of para-hydroxylation sites is 2. The zero-order valence-corrected chi connectivity index (χ0v) is 15.6. The van der Waals surface area contributed by atoms with Crippen LogP contribution in [-0.4, -0.2) is 34.0 Å². The van der Waals surface area contributed by atoms with E-state index in [0.29, 0.717) is 18.1 Å². The van der Waals surface area contributed by atoms with Crippen LogP contribution in [0.4, 0.5) is 0 Å². The summed E-state index contributed by atoms with van der Waals surface area (Å²) < 4.78 is 25.0. The van der Waals surface area contributed by atoms with Gasteiger partial charge in [-0.3, -0.25) is 9.13 Å². The minimum Gasteiger partial charge on any atom is -0.366 e. The second kappa shape index (κ2) is 6.65. The molecule has 2 aromatic rings. The van der Waals surface area contributed by atoms with Crippen molar-refractivity contribution in [2.75, 3.05) is 19.4 Å². The number of benzene rings is 1. The number of imidazole rings is 1. The molecule has 6 nitrogen and oxygen atoms in total. The van der Waals surface area contributed by atoms with E-state index >= 15 is 0 Å². The van der Waals surface area contributed by atoms with E-state index in [-0.39, 0.29) is 6.16 Å². The average Bonchev–Trinajstić information content (AvgIpc) is 3.01. The number of thioether (sulfide) groups is 1. The van der Waals surface area contributed by atoms with Crippen LogP contribution >= 0.6 is 19.4 Å². The van der Waals surface area contributed by atoms with Crippen LogP contribution < -0.4 is 0 Å². The van der Waals surface area contributed by atoms with Gasteiger partial charge in [-0.05, 0) is 32.9 Å². The predicted molar refractivity (Wildman–Crippen MR) is 95.3 cm³/mol. The smallest absolute Gasteiger partial charge is 0.334 e. The van der Waals surface area contributed by atoms with E-state index in [2.05, 4.69) is 4.98 Å². The molecule has 0 amide bonds. The van der Waals surface area contributed by atoms with Crippen molar-refractivity contribution in [1.29, 1.82) is 0 Å². The van der Waals surface area contributed by atoms with Crippen molar-refractivity contribution in [2.24, 2.45) is 0 Å². The molecule has 130 valence electrons. The first kappa shape index (κ1) is 17.7. The highest BCUT2D eigenvalue weighted by Gasteiger charge is 2.40. The highest BCUT2D eigenvalue weighted by Crippen LogP contribution is 2.52. The minimum atomic E-state index is -3.18. The summed E-state index contributed by atoms with van der Waals surface area (Å²) in [5, 5.41) is 11.7. The van der Waals surface area contributed by atoms with Crippen molar-refractivity contribution < 1.29 is 18.7 Å². The van der Waals surface area contributed by atoms with Gasteiger partial charge in [0.25, 0.3) is 0 Å². The Labute approximate surface area is 145 Å². The van der Waals surface area contributed by atoms with Crippen LogP contribution in [-0.2, 0) is 19.3 Å². The van der Waals surface area contributed by atoms with Crippen LogP contribution in [0.5, 0.6) is 0 Å². The lowest BCUT2D eigenvalue weighted by atomic mass is 10.2. The van der Waals surface area contributed by atoms with Crippen molar-refractivity contribution in [2.45, 2.75) is 31.7 Å². The van der Waals surface area contributed by atoms with Gasteiger partial charge in [0.2, 0.25) is 0 Å². The van der Waals surface area contributed by atoms with E-state index in [0.717, 1.165) is 16.2 Å². The molecule has 1 aromatic carbocycles. The highest BCUT2D eigenvalue weighted by atomic mass is 32.2. The Morgan fingerprint density at radius 2 is 2.00 bits per heavy atom. The molecule has 0 bridgehead atoms. The molecule has 0 spiro atoms. The Morgan fingerprint density at radius 3 is 2.67 bits per heavy atom. The summed E-state index contributed by atoms with van der Waals surface area (Å²) in [6, 6.07) is 7.67. The van der Waals surface area contributed by atoms with Gasteiger partial charge in [-0.15, -0.1) is 0 Å². The number of allylic oxidation sites excluding steroid dienone is 1. The third-order valence-electron chi connectivity index (χ3n) is 3.79. The van der Waals surface area contributed by atoms with Gasteiger partial charge >= 0.3 is 7.60 Å². The third kappa shape index (κ3) is 3.07. The molecule has 0 aliphatic carbocycles. The zero-order chi connectivity index (χ0) is 17.4. The van der Waals surface area contributed by atoms with Gasteiger partial charge < -0.3 is 14.2 Å². The first-order chi connectivity index (χ1) is 11.4. The summed E-state index contributed by atoms with van der Waals surface area (Å²) >= 11 is 1.38. The Balaban J connectivity index is 1.92. The Kier molecular flexibility index (Phi) is 4.91. The SMILES string of the molecule is CCOP(=O)(C/C=C1\Sc2nc3ccccc3n2C1(C)O)OCC. The maximum Gasteiger partial charge on any atom is 0.334 e. The molecule has 1 unspecified atom stereocenters. The Bertz CT molecular complexity index is 821. The first-order valence-electron chi connectivity index (χ1n) is 7.88.